The predicted octanol–water partition coefficient (Wildman–Crippen LogP) is 3.72. The number of anilines is 2. The maximum Gasteiger partial charge on any atom is 0.319 e. The Bertz CT molecular complexity index is 949. The summed E-state index contributed by atoms with van der Waals surface area (Å²) < 4.78 is 14.0. The summed E-state index contributed by atoms with van der Waals surface area (Å²) in [5, 5.41) is 7.83. The highest BCUT2D eigenvalue weighted by Gasteiger charge is 2.10. The SMILES string of the molecule is O=C(Cc1ccccc1)Nc1cc(NC(=O)NCc2cccnc2)ccc1F. The van der Waals surface area contributed by atoms with Gasteiger partial charge in [0.15, 0.2) is 0 Å². The van der Waals surface area contributed by atoms with Crippen LogP contribution in [0.2, 0.25) is 0 Å². The Kier molecular flexibility index (Phi) is 6.30. The number of halogens is 1. The van der Waals surface area contributed by atoms with Crippen LogP contribution in [0.1, 0.15) is 11.1 Å². The zero-order chi connectivity index (χ0) is 19.8. The van der Waals surface area contributed by atoms with Crippen molar-refractivity contribution >= 4 is 23.3 Å². The van der Waals surface area contributed by atoms with Crippen LogP contribution in [-0.4, -0.2) is 16.9 Å². The summed E-state index contributed by atoms with van der Waals surface area (Å²) in [5.74, 6) is -0.925. The third kappa shape index (κ3) is 5.63. The summed E-state index contributed by atoms with van der Waals surface area (Å²) in [6.45, 7) is 0.307. The number of nitrogens with zero attached hydrogens (tertiary/aromatic N) is 1. The quantitative estimate of drug-likeness (QED) is 0.611. The molecule has 0 aliphatic rings. The van der Waals surface area contributed by atoms with E-state index in [2.05, 4.69) is 20.9 Å². The van der Waals surface area contributed by atoms with Gasteiger partial charge < -0.3 is 16.0 Å². The van der Waals surface area contributed by atoms with Gasteiger partial charge in [-0.15, -0.1) is 0 Å². The van der Waals surface area contributed by atoms with Crippen molar-refractivity contribution in [2.75, 3.05) is 10.6 Å². The molecule has 7 heteroatoms. The van der Waals surface area contributed by atoms with Crippen LogP contribution in [-0.2, 0) is 17.8 Å². The van der Waals surface area contributed by atoms with Crippen LogP contribution in [0.4, 0.5) is 20.6 Å². The molecule has 0 saturated carbocycles. The third-order valence-corrected chi connectivity index (χ3v) is 3.88. The van der Waals surface area contributed by atoms with Gasteiger partial charge in [0.2, 0.25) is 5.91 Å². The van der Waals surface area contributed by atoms with Crippen molar-refractivity contribution in [3.8, 4) is 0 Å². The first-order chi connectivity index (χ1) is 13.6. The highest BCUT2D eigenvalue weighted by atomic mass is 19.1. The number of rotatable bonds is 6. The Morgan fingerprint density at radius 1 is 0.929 bits per heavy atom. The smallest absolute Gasteiger partial charge is 0.319 e. The summed E-state index contributed by atoms with van der Waals surface area (Å²) in [4.78, 5) is 28.1. The van der Waals surface area contributed by atoms with E-state index in [9.17, 15) is 14.0 Å². The first kappa shape index (κ1) is 19.0. The number of aromatic nitrogens is 1. The number of hydrogen-bond donors (Lipinski definition) is 3. The lowest BCUT2D eigenvalue weighted by atomic mass is 10.1. The van der Waals surface area contributed by atoms with Gasteiger partial charge in [0, 0.05) is 24.6 Å². The number of nitrogens with one attached hydrogen (secondary N) is 3. The Labute approximate surface area is 161 Å². The van der Waals surface area contributed by atoms with Gasteiger partial charge in [-0.3, -0.25) is 9.78 Å². The highest BCUT2D eigenvalue weighted by molar-refractivity contribution is 5.94. The minimum absolute atomic E-state index is 0.00555. The second kappa shape index (κ2) is 9.27. The number of carbonyl (C=O) groups excluding carboxylic acids is 2. The molecule has 0 fully saturated rings. The molecular weight excluding hydrogens is 359 g/mol. The molecule has 3 rings (SSSR count). The lowest BCUT2D eigenvalue weighted by Gasteiger charge is -2.11. The molecule has 0 radical (unpaired) electrons. The largest absolute Gasteiger partial charge is 0.334 e. The molecule has 1 aromatic heterocycles. The zero-order valence-corrected chi connectivity index (χ0v) is 15.0. The van der Waals surface area contributed by atoms with Crippen molar-refractivity contribution in [1.82, 2.24) is 10.3 Å². The maximum atomic E-state index is 14.0. The second-order valence-electron chi connectivity index (χ2n) is 6.07. The van der Waals surface area contributed by atoms with E-state index in [1.54, 1.807) is 18.5 Å². The van der Waals surface area contributed by atoms with E-state index in [1.807, 2.05) is 36.4 Å². The third-order valence-electron chi connectivity index (χ3n) is 3.88. The Hall–Kier alpha value is -3.74. The fourth-order valence-corrected chi connectivity index (χ4v) is 2.53. The van der Waals surface area contributed by atoms with Crippen LogP contribution in [0.5, 0.6) is 0 Å². The topological polar surface area (TPSA) is 83.1 Å². The first-order valence-corrected chi connectivity index (χ1v) is 8.67. The molecule has 0 spiro atoms. The molecule has 0 saturated heterocycles. The van der Waals surface area contributed by atoms with Gasteiger partial charge in [-0.2, -0.15) is 0 Å². The zero-order valence-electron chi connectivity index (χ0n) is 15.0. The van der Waals surface area contributed by atoms with E-state index in [1.165, 1.54) is 18.2 Å². The van der Waals surface area contributed by atoms with Crippen LogP contribution in [0.15, 0.2) is 73.1 Å². The molecule has 1 heterocycles. The predicted molar refractivity (Wildman–Crippen MR) is 105 cm³/mol. The van der Waals surface area contributed by atoms with E-state index in [4.69, 9.17) is 0 Å². The number of carbonyl (C=O) groups is 2. The van der Waals surface area contributed by atoms with Crippen molar-refractivity contribution in [3.05, 3.63) is 90.0 Å². The van der Waals surface area contributed by atoms with E-state index in [0.29, 0.717) is 12.2 Å². The summed E-state index contributed by atoms with van der Waals surface area (Å²) in [7, 11) is 0. The lowest BCUT2D eigenvalue weighted by Crippen LogP contribution is -2.28. The van der Waals surface area contributed by atoms with Crippen molar-refractivity contribution in [3.63, 3.8) is 0 Å². The van der Waals surface area contributed by atoms with Crippen LogP contribution in [0.25, 0.3) is 0 Å². The molecule has 28 heavy (non-hydrogen) atoms. The number of amides is 3. The fourth-order valence-electron chi connectivity index (χ4n) is 2.53. The van der Waals surface area contributed by atoms with Gasteiger partial charge in [-0.1, -0.05) is 36.4 Å². The average molecular weight is 378 g/mol. The molecule has 3 amide bonds. The van der Waals surface area contributed by atoms with Crippen LogP contribution >= 0.6 is 0 Å². The van der Waals surface area contributed by atoms with Gasteiger partial charge in [0.05, 0.1) is 12.1 Å². The summed E-state index contributed by atoms with van der Waals surface area (Å²) >= 11 is 0. The van der Waals surface area contributed by atoms with E-state index < -0.39 is 11.8 Å². The molecule has 6 nitrogen and oxygen atoms in total. The van der Waals surface area contributed by atoms with Crippen LogP contribution in [0, 0.1) is 5.82 Å². The summed E-state index contributed by atoms with van der Waals surface area (Å²) in [5.41, 5.74) is 2.04. The number of hydrogen-bond acceptors (Lipinski definition) is 3. The first-order valence-electron chi connectivity index (χ1n) is 8.67. The van der Waals surface area contributed by atoms with Crippen LogP contribution in [0.3, 0.4) is 0 Å². The van der Waals surface area contributed by atoms with Crippen molar-refractivity contribution < 1.29 is 14.0 Å². The van der Waals surface area contributed by atoms with E-state index in [0.717, 1.165) is 11.1 Å². The van der Waals surface area contributed by atoms with Gasteiger partial charge in [0.1, 0.15) is 5.82 Å². The van der Waals surface area contributed by atoms with Crippen molar-refractivity contribution in [2.45, 2.75) is 13.0 Å². The Morgan fingerprint density at radius 3 is 2.46 bits per heavy atom. The molecule has 0 aliphatic heterocycles. The summed E-state index contributed by atoms with van der Waals surface area (Å²) in [6, 6.07) is 16.3. The van der Waals surface area contributed by atoms with E-state index >= 15 is 0 Å². The second-order valence-corrected chi connectivity index (χ2v) is 6.07. The number of pyridine rings is 1. The minimum atomic E-state index is -0.581. The monoisotopic (exact) mass is 378 g/mol. The standard InChI is InChI=1S/C21H19FN4O2/c22-18-9-8-17(25-21(28)24-14-16-7-4-10-23-13-16)12-19(18)26-20(27)11-15-5-2-1-3-6-15/h1-10,12-13H,11,14H2,(H,26,27)(H2,24,25,28). The Balaban J connectivity index is 1.57. The van der Waals surface area contributed by atoms with E-state index in [-0.39, 0.29) is 18.0 Å². The minimum Gasteiger partial charge on any atom is -0.334 e. The lowest BCUT2D eigenvalue weighted by molar-refractivity contribution is -0.115. The Morgan fingerprint density at radius 2 is 1.71 bits per heavy atom. The van der Waals surface area contributed by atoms with Gasteiger partial charge in [-0.25, -0.2) is 9.18 Å². The number of urea groups is 1. The van der Waals surface area contributed by atoms with Crippen LogP contribution < -0.4 is 16.0 Å². The molecule has 142 valence electrons. The molecule has 0 aliphatic carbocycles. The number of benzene rings is 2. The molecule has 0 bridgehead atoms. The van der Waals surface area contributed by atoms with Gasteiger partial charge in [-0.05, 0) is 35.4 Å². The average Bonchev–Trinajstić information content (AvgIpc) is 2.70. The maximum absolute atomic E-state index is 14.0. The molecule has 3 N–H and O–H groups in total. The molecule has 2 aromatic carbocycles. The van der Waals surface area contributed by atoms with Crippen molar-refractivity contribution in [1.29, 1.82) is 0 Å². The molecular formula is C21H19FN4O2. The van der Waals surface area contributed by atoms with Crippen molar-refractivity contribution in [2.24, 2.45) is 0 Å². The van der Waals surface area contributed by atoms with Gasteiger partial charge in [0.25, 0.3) is 0 Å². The molecule has 0 unspecified atom stereocenters. The normalized spacial score (nSPS) is 10.2. The fraction of sp³-hybridized carbons (Fsp3) is 0.0952. The summed E-state index contributed by atoms with van der Waals surface area (Å²) in [6.07, 6.45) is 3.43. The highest BCUT2D eigenvalue weighted by Crippen LogP contribution is 2.20. The van der Waals surface area contributed by atoms with Gasteiger partial charge >= 0.3 is 6.03 Å². The molecule has 3 aromatic rings. The molecule has 0 atom stereocenters.